The monoisotopic (exact) mass is 669 g/mol. The van der Waals surface area contributed by atoms with Crippen LogP contribution in [0, 0.1) is 175 Å². The van der Waals surface area contributed by atoms with Crippen LogP contribution in [0.15, 0.2) is 0 Å². The maximum Gasteiger partial charge on any atom is 3.00 e. The van der Waals surface area contributed by atoms with Crippen molar-refractivity contribution in [1.29, 1.82) is 0 Å². The van der Waals surface area contributed by atoms with Crippen molar-refractivity contribution >= 4 is 0 Å². The zero-order valence-electron chi connectivity index (χ0n) is 11.7. The van der Waals surface area contributed by atoms with Crippen LogP contribution in [0.3, 0.4) is 0 Å². The minimum atomic E-state index is -1.75. The van der Waals surface area contributed by atoms with Gasteiger partial charge in [-0.25, -0.2) is 0 Å². The molecule has 0 saturated heterocycles. The van der Waals surface area contributed by atoms with Crippen molar-refractivity contribution in [3.63, 3.8) is 0 Å². The first-order valence-corrected chi connectivity index (χ1v) is 3.29. The second kappa shape index (κ2) is 49.6. The minimum absolute atomic E-state index is 0. The van der Waals surface area contributed by atoms with Gasteiger partial charge in [0.1, 0.15) is 0 Å². The molecule has 0 aliphatic heterocycles. The van der Waals surface area contributed by atoms with Crippen LogP contribution in [0.25, 0.3) is 0 Å². The predicted molar refractivity (Wildman–Crippen MR) is 67.2 cm³/mol. The Morgan fingerprint density at radius 2 is 0.296 bits per heavy atom. The van der Waals surface area contributed by atoms with E-state index in [-0.39, 0.29) is 89.6 Å². The minimum Gasteiger partial charge on any atom is -0.356 e. The molecule has 0 rings (SSSR count). The fourth-order valence-electron chi connectivity index (χ4n) is 0. The van der Waals surface area contributed by atoms with E-state index < -0.39 is 30.5 Å². The van der Waals surface area contributed by atoms with Gasteiger partial charge in [0.25, 0.3) is 0 Å². The molecule has 0 amide bonds. The summed E-state index contributed by atoms with van der Waals surface area (Å²) in [7, 11) is 0. The quantitative estimate of drug-likeness (QED) is 0.232. The molecule has 0 aliphatic carbocycles. The molecule has 3 N–H and O–H groups in total. The molecule has 0 aromatic carbocycles. The van der Waals surface area contributed by atoms with E-state index in [0.29, 0.717) is 0 Å². The molecular formula is H3Ce2N7O18. The molecule has 27 heteroatoms. The predicted octanol–water partition coefficient (Wildman–Crippen LogP) is -1.27. The van der Waals surface area contributed by atoms with Crippen LogP contribution in [0.4, 0.5) is 0 Å². The first-order valence-electron chi connectivity index (χ1n) is 3.29. The number of rotatable bonds is 0. The summed E-state index contributed by atoms with van der Waals surface area (Å²) in [5.41, 5.74) is 0. The molecule has 0 bridgehead atoms. The van der Waals surface area contributed by atoms with Crippen molar-refractivity contribution in [2.45, 2.75) is 0 Å². The summed E-state index contributed by atoms with van der Waals surface area (Å²) in [5.74, 6) is 0. The van der Waals surface area contributed by atoms with Gasteiger partial charge in [0.15, 0.2) is 0 Å². The van der Waals surface area contributed by atoms with Crippen molar-refractivity contribution < 1.29 is 114 Å². The Kier molecular flexibility index (Phi) is 103. The van der Waals surface area contributed by atoms with Crippen LogP contribution < -0.4 is 6.15 Å². The van der Waals surface area contributed by atoms with Crippen molar-refractivity contribution in [3.8, 4) is 0 Å². The van der Waals surface area contributed by atoms with E-state index in [0.717, 1.165) is 0 Å². The summed E-state index contributed by atoms with van der Waals surface area (Å²) in [6, 6.07) is 0. The zero-order valence-corrected chi connectivity index (χ0v) is 18.0. The molecule has 0 unspecified atom stereocenters. The normalized spacial score (nSPS) is 5.33. The van der Waals surface area contributed by atoms with Crippen LogP contribution in [0.2, 0.25) is 0 Å². The molecule has 0 aromatic rings. The van der Waals surface area contributed by atoms with Crippen LogP contribution in [0.1, 0.15) is 0 Å². The van der Waals surface area contributed by atoms with E-state index in [1.165, 1.54) is 0 Å². The van der Waals surface area contributed by atoms with Gasteiger partial charge in [0.05, 0.1) is 30.5 Å². The Bertz CT molecular complexity index is 263. The van der Waals surface area contributed by atoms with E-state index in [9.17, 15) is 0 Å². The van der Waals surface area contributed by atoms with Crippen LogP contribution in [0.5, 0.6) is 0 Å². The third-order valence-electron chi connectivity index (χ3n) is 0. The molecule has 25 nitrogen and oxygen atoms in total. The Labute approximate surface area is 210 Å². The third kappa shape index (κ3) is 2640. The molecule has 154 valence electrons. The van der Waals surface area contributed by atoms with E-state index in [4.69, 9.17) is 91.9 Å². The fraction of sp³-hybridized carbons (Fsp3) is 0. The fourth-order valence-corrected chi connectivity index (χ4v) is 0. The summed E-state index contributed by atoms with van der Waals surface area (Å²) in [4.78, 5) is 49.5. The van der Waals surface area contributed by atoms with Gasteiger partial charge in [-0.05, 0) is 0 Å². The second-order valence-corrected chi connectivity index (χ2v) is 1.34. The summed E-state index contributed by atoms with van der Waals surface area (Å²) in [6.45, 7) is 0. The average Bonchev–Trinajstić information content (AvgIpc) is 2.08. The molecule has 0 atom stereocenters. The number of hydrogen-bond donors (Lipinski definition) is 1. The SMILES string of the molecule is N.O=[N+]([O-])[O-].O=[N+]([O-])[O-].O=[N+]([O-])[O-].O=[N+]([O-])[O-].O=[N+]([O-])[O-].O=[N+]([O-])[O-].[Ce+3].[Ce+3]. The van der Waals surface area contributed by atoms with E-state index in [1.54, 1.807) is 0 Å². The first-order chi connectivity index (χ1) is 10.4. The van der Waals surface area contributed by atoms with E-state index >= 15 is 0 Å². The molecule has 0 spiro atoms. The maximum atomic E-state index is 8.25. The summed E-state index contributed by atoms with van der Waals surface area (Å²) in [5, 5.41) is 88.5. The van der Waals surface area contributed by atoms with Crippen LogP contribution in [-0.4, -0.2) is 30.5 Å². The van der Waals surface area contributed by atoms with Crippen molar-refractivity contribution in [1.82, 2.24) is 6.15 Å². The number of hydrogen-bond acceptors (Lipinski definition) is 19. The van der Waals surface area contributed by atoms with Gasteiger partial charge in [-0.1, -0.05) is 0 Å². The standard InChI is InChI=1S/2Ce.6NO3.H3N/c;;6*2-1(3)4;/h;;;;;;;;1H3/q2*+3;6*-1;. The molecule has 0 aromatic heterocycles. The van der Waals surface area contributed by atoms with Gasteiger partial charge < -0.3 is 98.1 Å². The summed E-state index contributed by atoms with van der Waals surface area (Å²) >= 11 is 0. The van der Waals surface area contributed by atoms with Gasteiger partial charge in [0, 0.05) is 0 Å². The topological polar surface area (TPSA) is 432 Å². The molecule has 0 saturated carbocycles. The van der Waals surface area contributed by atoms with Gasteiger partial charge in [-0.3, -0.25) is 0 Å². The Balaban J connectivity index is -0.0000000201. The smallest absolute Gasteiger partial charge is 0.356 e. The van der Waals surface area contributed by atoms with Gasteiger partial charge in [-0.15, -0.1) is 0 Å². The molecule has 0 heterocycles. The second-order valence-electron chi connectivity index (χ2n) is 1.34. The van der Waals surface area contributed by atoms with Crippen molar-refractivity contribution in [2.75, 3.05) is 0 Å². The first kappa shape index (κ1) is 56.3. The van der Waals surface area contributed by atoms with E-state index in [2.05, 4.69) is 0 Å². The summed E-state index contributed by atoms with van der Waals surface area (Å²) < 4.78 is 0. The van der Waals surface area contributed by atoms with Crippen molar-refractivity contribution in [2.24, 2.45) is 0 Å². The molecule has 0 fully saturated rings. The Morgan fingerprint density at radius 1 is 0.296 bits per heavy atom. The molecule has 0 aliphatic rings. The molecule has 2 radical (unpaired) electrons. The summed E-state index contributed by atoms with van der Waals surface area (Å²) in [6.07, 6.45) is 0. The average molecular weight is 669 g/mol. The van der Waals surface area contributed by atoms with Crippen LogP contribution >= 0.6 is 0 Å². The Hall–Kier alpha value is -2.09. The molecule has 27 heavy (non-hydrogen) atoms. The zero-order chi connectivity index (χ0) is 21.5. The van der Waals surface area contributed by atoms with Crippen LogP contribution in [-0.2, 0) is 0 Å². The largest absolute Gasteiger partial charge is 3.00 e. The van der Waals surface area contributed by atoms with Gasteiger partial charge in [-0.2, -0.15) is 0 Å². The Morgan fingerprint density at radius 3 is 0.296 bits per heavy atom. The maximum absolute atomic E-state index is 8.25. The van der Waals surface area contributed by atoms with E-state index in [1.807, 2.05) is 0 Å². The third-order valence-corrected chi connectivity index (χ3v) is 0. The molecular weight excluding hydrogens is 666 g/mol. The van der Waals surface area contributed by atoms with Gasteiger partial charge in [0.2, 0.25) is 0 Å². The van der Waals surface area contributed by atoms with Crippen molar-refractivity contribution in [3.05, 3.63) is 91.9 Å². The number of nitrogens with zero attached hydrogens (tertiary/aromatic N) is 6. The van der Waals surface area contributed by atoms with Gasteiger partial charge >= 0.3 is 83.5 Å².